The third-order valence-corrected chi connectivity index (χ3v) is 3.11. The number of nitrogens with zero attached hydrogens (tertiary/aromatic N) is 1. The minimum absolute atomic E-state index is 0.536. The maximum Gasteiger partial charge on any atom is 0.142 e. The highest BCUT2D eigenvalue weighted by Gasteiger charge is 2.30. The molecule has 1 aromatic rings. The van der Waals surface area contributed by atoms with Crippen LogP contribution in [0.5, 0.6) is 5.75 Å². The van der Waals surface area contributed by atoms with Gasteiger partial charge in [0.15, 0.2) is 0 Å². The van der Waals surface area contributed by atoms with Gasteiger partial charge in [0.05, 0.1) is 11.3 Å². The van der Waals surface area contributed by atoms with Crippen molar-refractivity contribution in [1.29, 1.82) is 0 Å². The number of hydrogen-bond donors (Lipinski definition) is 2. The molecule has 1 aliphatic heterocycles. The Kier molecular flexibility index (Phi) is 3.54. The van der Waals surface area contributed by atoms with E-state index >= 15 is 0 Å². The molecule has 0 spiro atoms. The molecule has 0 amide bonds. The third kappa shape index (κ3) is 3.35. The summed E-state index contributed by atoms with van der Waals surface area (Å²) in [6.45, 7) is 4.96. The van der Waals surface area contributed by atoms with Gasteiger partial charge < -0.3 is 15.6 Å². The molecule has 0 aliphatic carbocycles. The van der Waals surface area contributed by atoms with Crippen molar-refractivity contribution in [3.8, 4) is 5.75 Å². The van der Waals surface area contributed by atoms with Crippen LogP contribution in [0.1, 0.15) is 13.3 Å². The third-order valence-electron chi connectivity index (χ3n) is 3.11. The van der Waals surface area contributed by atoms with Gasteiger partial charge in [-0.05, 0) is 25.5 Å². The van der Waals surface area contributed by atoms with Crippen LogP contribution >= 0.6 is 0 Å². The number of ether oxygens (including phenoxy) is 1. The first-order chi connectivity index (χ1) is 8.07. The molecule has 1 heterocycles. The molecule has 4 nitrogen and oxygen atoms in total. The number of likely N-dealkylation sites (tertiary alicyclic amines) is 1. The molecule has 0 aromatic heterocycles. The molecule has 1 aromatic carbocycles. The summed E-state index contributed by atoms with van der Waals surface area (Å²) in [5, 5.41) is 9.82. The molecule has 1 aliphatic rings. The lowest BCUT2D eigenvalue weighted by Crippen LogP contribution is -2.32. The Hall–Kier alpha value is -1.26. The van der Waals surface area contributed by atoms with Crippen LogP contribution in [-0.2, 0) is 0 Å². The van der Waals surface area contributed by atoms with E-state index in [9.17, 15) is 5.11 Å². The second-order valence-corrected chi connectivity index (χ2v) is 4.91. The number of anilines is 1. The first-order valence-corrected chi connectivity index (χ1v) is 5.99. The zero-order valence-electron chi connectivity index (χ0n) is 10.2. The predicted molar refractivity (Wildman–Crippen MR) is 68.0 cm³/mol. The van der Waals surface area contributed by atoms with E-state index in [1.54, 1.807) is 0 Å². The number of para-hydroxylation sites is 2. The highest BCUT2D eigenvalue weighted by Crippen LogP contribution is 2.21. The highest BCUT2D eigenvalue weighted by molar-refractivity contribution is 5.51. The Labute approximate surface area is 102 Å². The van der Waals surface area contributed by atoms with Gasteiger partial charge in [-0.1, -0.05) is 12.1 Å². The number of benzene rings is 1. The largest absolute Gasteiger partial charge is 0.490 e. The number of nitrogens with two attached hydrogens (primary N) is 1. The topological polar surface area (TPSA) is 58.7 Å². The fourth-order valence-electron chi connectivity index (χ4n) is 2.13. The van der Waals surface area contributed by atoms with Gasteiger partial charge in [-0.3, -0.25) is 4.90 Å². The number of β-amino-alcohol motifs (C(OH)–C–C–N with tert-alkyl or cyclic N) is 1. The van der Waals surface area contributed by atoms with E-state index in [-0.39, 0.29) is 0 Å². The molecule has 1 saturated heterocycles. The van der Waals surface area contributed by atoms with Gasteiger partial charge in [-0.15, -0.1) is 0 Å². The highest BCUT2D eigenvalue weighted by atomic mass is 16.5. The van der Waals surface area contributed by atoms with E-state index in [1.165, 1.54) is 0 Å². The van der Waals surface area contributed by atoms with E-state index in [1.807, 2.05) is 31.2 Å². The van der Waals surface area contributed by atoms with E-state index in [0.717, 1.165) is 31.8 Å². The van der Waals surface area contributed by atoms with Crippen molar-refractivity contribution >= 4 is 5.69 Å². The Bertz CT molecular complexity index is 379. The molecule has 1 atom stereocenters. The summed E-state index contributed by atoms with van der Waals surface area (Å²) < 4.78 is 5.62. The first kappa shape index (κ1) is 12.2. The van der Waals surface area contributed by atoms with Crippen LogP contribution in [0.4, 0.5) is 5.69 Å². The molecule has 3 N–H and O–H groups in total. The number of aliphatic hydroxyl groups is 1. The van der Waals surface area contributed by atoms with Gasteiger partial charge in [0.1, 0.15) is 12.4 Å². The molecule has 94 valence electrons. The average molecular weight is 236 g/mol. The molecule has 0 radical (unpaired) electrons. The molecule has 4 heteroatoms. The smallest absolute Gasteiger partial charge is 0.142 e. The van der Waals surface area contributed by atoms with Gasteiger partial charge in [0.2, 0.25) is 0 Å². The van der Waals surface area contributed by atoms with Crippen molar-refractivity contribution in [3.05, 3.63) is 24.3 Å². The predicted octanol–water partition coefficient (Wildman–Crippen LogP) is 1.10. The van der Waals surface area contributed by atoms with E-state index in [0.29, 0.717) is 12.3 Å². The number of rotatable bonds is 4. The standard InChI is InChI=1S/C13H20N2O2/c1-13(16)6-7-15(10-13)8-9-17-12-5-3-2-4-11(12)14/h2-5,16H,6-10,14H2,1H3. The van der Waals surface area contributed by atoms with Gasteiger partial charge in [0.25, 0.3) is 0 Å². The second kappa shape index (κ2) is 4.94. The summed E-state index contributed by atoms with van der Waals surface area (Å²) in [6, 6.07) is 7.50. The van der Waals surface area contributed by atoms with Crippen LogP contribution in [0, 0.1) is 0 Å². The lowest BCUT2D eigenvalue weighted by molar-refractivity contribution is 0.0670. The molecule has 2 rings (SSSR count). The van der Waals surface area contributed by atoms with Gasteiger partial charge >= 0.3 is 0 Å². The van der Waals surface area contributed by atoms with Crippen LogP contribution in [-0.4, -0.2) is 41.8 Å². The molecule has 0 bridgehead atoms. The normalized spacial score (nSPS) is 25.1. The maximum absolute atomic E-state index is 9.82. The molecule has 1 unspecified atom stereocenters. The molecule has 0 saturated carbocycles. The van der Waals surface area contributed by atoms with Gasteiger partial charge in [-0.25, -0.2) is 0 Å². The van der Waals surface area contributed by atoms with Crippen molar-refractivity contribution in [1.82, 2.24) is 4.90 Å². The first-order valence-electron chi connectivity index (χ1n) is 5.99. The molecule has 17 heavy (non-hydrogen) atoms. The number of nitrogen functional groups attached to an aromatic ring is 1. The van der Waals surface area contributed by atoms with Crippen molar-refractivity contribution < 1.29 is 9.84 Å². The summed E-state index contributed by atoms with van der Waals surface area (Å²) in [4.78, 5) is 2.21. The molecular formula is C13H20N2O2. The van der Waals surface area contributed by atoms with Crippen LogP contribution in [0.3, 0.4) is 0 Å². The summed E-state index contributed by atoms with van der Waals surface area (Å²) in [5.41, 5.74) is 5.91. The van der Waals surface area contributed by atoms with Gasteiger partial charge in [0, 0.05) is 19.6 Å². The lowest BCUT2D eigenvalue weighted by Gasteiger charge is -2.19. The minimum atomic E-state index is -0.536. The fraction of sp³-hybridized carbons (Fsp3) is 0.538. The Morgan fingerprint density at radius 2 is 2.24 bits per heavy atom. The van der Waals surface area contributed by atoms with Crippen molar-refractivity contribution in [2.75, 3.05) is 32.0 Å². The summed E-state index contributed by atoms with van der Waals surface area (Å²) in [5.74, 6) is 0.735. The van der Waals surface area contributed by atoms with E-state index in [2.05, 4.69) is 4.90 Å². The second-order valence-electron chi connectivity index (χ2n) is 4.91. The minimum Gasteiger partial charge on any atom is -0.490 e. The lowest BCUT2D eigenvalue weighted by atomic mass is 10.1. The average Bonchev–Trinajstić information content (AvgIpc) is 2.61. The zero-order valence-corrected chi connectivity index (χ0v) is 10.2. The Balaban J connectivity index is 1.76. The van der Waals surface area contributed by atoms with Crippen LogP contribution < -0.4 is 10.5 Å². The van der Waals surface area contributed by atoms with Crippen molar-refractivity contribution in [3.63, 3.8) is 0 Å². The Morgan fingerprint density at radius 1 is 1.47 bits per heavy atom. The van der Waals surface area contributed by atoms with Crippen LogP contribution in [0.15, 0.2) is 24.3 Å². The van der Waals surface area contributed by atoms with Crippen LogP contribution in [0.25, 0.3) is 0 Å². The quantitative estimate of drug-likeness (QED) is 0.769. The SMILES string of the molecule is CC1(O)CCN(CCOc2ccccc2N)C1. The molecule has 1 fully saturated rings. The summed E-state index contributed by atoms with van der Waals surface area (Å²) in [6.07, 6.45) is 0.834. The number of hydrogen-bond acceptors (Lipinski definition) is 4. The maximum atomic E-state index is 9.82. The van der Waals surface area contributed by atoms with Crippen molar-refractivity contribution in [2.24, 2.45) is 0 Å². The van der Waals surface area contributed by atoms with Gasteiger partial charge in [-0.2, -0.15) is 0 Å². The van der Waals surface area contributed by atoms with Crippen molar-refractivity contribution in [2.45, 2.75) is 18.9 Å². The summed E-state index contributed by atoms with van der Waals surface area (Å²) in [7, 11) is 0. The van der Waals surface area contributed by atoms with E-state index in [4.69, 9.17) is 10.5 Å². The fourth-order valence-corrected chi connectivity index (χ4v) is 2.13. The van der Waals surface area contributed by atoms with E-state index < -0.39 is 5.60 Å². The Morgan fingerprint density at radius 3 is 2.88 bits per heavy atom. The molecular weight excluding hydrogens is 216 g/mol. The summed E-state index contributed by atoms with van der Waals surface area (Å²) >= 11 is 0. The monoisotopic (exact) mass is 236 g/mol. The van der Waals surface area contributed by atoms with Crippen LogP contribution in [0.2, 0.25) is 0 Å². The zero-order chi connectivity index (χ0) is 12.3.